The highest BCUT2D eigenvalue weighted by Gasteiger charge is 2.27. The Balaban J connectivity index is 1.67. The number of benzene rings is 2. The van der Waals surface area contributed by atoms with Crippen LogP contribution in [0.15, 0.2) is 46.9 Å². The molecule has 1 aromatic heterocycles. The van der Waals surface area contributed by atoms with E-state index in [-0.39, 0.29) is 16.8 Å². The van der Waals surface area contributed by atoms with Crippen molar-refractivity contribution in [2.75, 3.05) is 10.7 Å². The van der Waals surface area contributed by atoms with Crippen LogP contribution in [0.3, 0.4) is 0 Å². The topological polar surface area (TPSA) is 92.2 Å². The first-order valence-corrected chi connectivity index (χ1v) is 10.6. The molecule has 1 saturated carbocycles. The molecule has 154 valence electrons. The van der Waals surface area contributed by atoms with Gasteiger partial charge in [-0.15, -0.1) is 0 Å². The average molecular weight is 510 g/mol. The van der Waals surface area contributed by atoms with Crippen molar-refractivity contribution < 1.29 is 14.4 Å². The van der Waals surface area contributed by atoms with Crippen molar-refractivity contribution in [3.05, 3.63) is 62.7 Å². The van der Waals surface area contributed by atoms with Crippen molar-refractivity contribution in [1.82, 2.24) is 9.99 Å². The first-order chi connectivity index (χ1) is 14.3. The van der Waals surface area contributed by atoms with Crippen LogP contribution in [0, 0.1) is 0 Å². The molecule has 7 nitrogen and oxygen atoms in total. The maximum atomic E-state index is 13.0. The normalized spacial score (nSPS) is 13.2. The van der Waals surface area contributed by atoms with Gasteiger partial charge in [0.1, 0.15) is 5.69 Å². The van der Waals surface area contributed by atoms with Gasteiger partial charge in [0.15, 0.2) is 0 Å². The Bertz CT molecular complexity index is 1190. The lowest BCUT2D eigenvalue weighted by Crippen LogP contribution is -2.40. The van der Waals surface area contributed by atoms with Gasteiger partial charge in [-0.05, 0) is 55.3 Å². The molecule has 0 saturated heterocycles. The van der Waals surface area contributed by atoms with E-state index < -0.39 is 17.7 Å². The van der Waals surface area contributed by atoms with Crippen LogP contribution >= 0.6 is 39.1 Å². The molecule has 30 heavy (non-hydrogen) atoms. The van der Waals surface area contributed by atoms with Crippen molar-refractivity contribution in [3.8, 4) is 0 Å². The summed E-state index contributed by atoms with van der Waals surface area (Å²) in [5, 5.41) is 6.73. The molecule has 0 unspecified atom stereocenters. The minimum atomic E-state index is -0.860. The van der Waals surface area contributed by atoms with E-state index in [1.165, 1.54) is 10.7 Å². The molecule has 1 fully saturated rings. The van der Waals surface area contributed by atoms with E-state index in [2.05, 4.69) is 32.0 Å². The standard InChI is InChI=1S/C20H15BrCl2N4O3/c21-11-1-6-16-10(7-11)8-17(18(28)25-15-5-2-12(22)9-14(15)23)27(16)26-20(30)19(29)24-13-3-4-13/h1-2,5-9,13H,3-4H2,(H,24,29)(H,25,28)(H,26,30). The van der Waals surface area contributed by atoms with Crippen molar-refractivity contribution in [3.63, 3.8) is 0 Å². The van der Waals surface area contributed by atoms with E-state index in [9.17, 15) is 14.4 Å². The number of carbonyl (C=O) groups is 3. The summed E-state index contributed by atoms with van der Waals surface area (Å²) in [5.41, 5.74) is 3.55. The van der Waals surface area contributed by atoms with Gasteiger partial charge in [0.05, 0.1) is 16.2 Å². The highest BCUT2D eigenvalue weighted by Crippen LogP contribution is 2.27. The third-order valence-corrected chi connectivity index (χ3v) is 5.55. The molecule has 4 rings (SSSR count). The van der Waals surface area contributed by atoms with Gasteiger partial charge in [0, 0.05) is 20.9 Å². The second-order valence-corrected chi connectivity index (χ2v) is 8.59. The lowest BCUT2D eigenvalue weighted by atomic mass is 10.2. The Morgan fingerprint density at radius 2 is 1.77 bits per heavy atom. The molecule has 3 amide bonds. The fourth-order valence-corrected chi connectivity index (χ4v) is 3.72. The van der Waals surface area contributed by atoms with Crippen LogP contribution in [0.1, 0.15) is 23.3 Å². The van der Waals surface area contributed by atoms with E-state index in [4.69, 9.17) is 23.2 Å². The minimum absolute atomic E-state index is 0.0374. The number of hydrogen-bond donors (Lipinski definition) is 3. The minimum Gasteiger partial charge on any atom is -0.345 e. The highest BCUT2D eigenvalue weighted by atomic mass is 79.9. The summed E-state index contributed by atoms with van der Waals surface area (Å²) in [4.78, 5) is 37.5. The SMILES string of the molecule is O=C(NC1CC1)C(=O)Nn1c(C(=O)Nc2ccc(Cl)cc2Cl)cc2cc(Br)ccc21. The molecular formula is C20H15BrCl2N4O3. The van der Waals surface area contributed by atoms with Crippen molar-refractivity contribution in [1.29, 1.82) is 0 Å². The van der Waals surface area contributed by atoms with E-state index in [0.29, 0.717) is 21.6 Å². The van der Waals surface area contributed by atoms with Crippen molar-refractivity contribution in [2.45, 2.75) is 18.9 Å². The van der Waals surface area contributed by atoms with E-state index >= 15 is 0 Å². The molecule has 0 atom stereocenters. The number of carbonyl (C=O) groups excluding carboxylic acids is 3. The fourth-order valence-electron chi connectivity index (χ4n) is 2.88. The van der Waals surface area contributed by atoms with Gasteiger partial charge in [-0.25, -0.2) is 4.68 Å². The van der Waals surface area contributed by atoms with Crippen LogP contribution in [0.2, 0.25) is 10.0 Å². The number of anilines is 1. The number of aromatic nitrogens is 1. The first kappa shape index (κ1) is 20.7. The molecule has 10 heteroatoms. The zero-order valence-electron chi connectivity index (χ0n) is 15.3. The molecule has 1 aliphatic rings. The molecule has 3 N–H and O–H groups in total. The highest BCUT2D eigenvalue weighted by molar-refractivity contribution is 9.10. The second kappa shape index (κ2) is 8.29. The number of nitrogens with zero attached hydrogens (tertiary/aromatic N) is 1. The van der Waals surface area contributed by atoms with Crippen LogP contribution in [0.4, 0.5) is 5.69 Å². The van der Waals surface area contributed by atoms with E-state index in [1.54, 1.807) is 36.4 Å². The maximum Gasteiger partial charge on any atom is 0.328 e. The maximum absolute atomic E-state index is 13.0. The molecule has 0 spiro atoms. The fraction of sp³-hybridized carbons (Fsp3) is 0.150. The molecule has 0 bridgehead atoms. The van der Waals surface area contributed by atoms with Gasteiger partial charge in [0.2, 0.25) is 0 Å². The molecule has 2 aromatic carbocycles. The molecule has 3 aromatic rings. The third kappa shape index (κ3) is 4.45. The lowest BCUT2D eigenvalue weighted by Gasteiger charge is -2.13. The Labute approximate surface area is 189 Å². The lowest BCUT2D eigenvalue weighted by molar-refractivity contribution is -0.136. The first-order valence-electron chi connectivity index (χ1n) is 9.01. The monoisotopic (exact) mass is 508 g/mol. The van der Waals surface area contributed by atoms with Crippen LogP contribution in [-0.2, 0) is 9.59 Å². The van der Waals surface area contributed by atoms with Gasteiger partial charge in [-0.3, -0.25) is 19.8 Å². The van der Waals surface area contributed by atoms with Crippen LogP contribution < -0.4 is 16.1 Å². The summed E-state index contributed by atoms with van der Waals surface area (Å²) >= 11 is 15.4. The molecule has 1 heterocycles. The van der Waals surface area contributed by atoms with Gasteiger partial charge < -0.3 is 10.6 Å². The van der Waals surface area contributed by atoms with E-state index in [1.807, 2.05) is 0 Å². The van der Waals surface area contributed by atoms with Crippen LogP contribution in [-0.4, -0.2) is 28.4 Å². The Kier molecular flexibility index (Phi) is 5.73. The third-order valence-electron chi connectivity index (χ3n) is 4.51. The predicted molar refractivity (Wildman–Crippen MR) is 120 cm³/mol. The van der Waals surface area contributed by atoms with E-state index in [0.717, 1.165) is 17.3 Å². The summed E-state index contributed by atoms with van der Waals surface area (Å²) in [6, 6.07) is 11.6. The number of halogens is 3. The Morgan fingerprint density at radius 1 is 1.00 bits per heavy atom. The number of rotatable bonds is 4. The number of fused-ring (bicyclic) bond motifs is 1. The smallest absolute Gasteiger partial charge is 0.328 e. The summed E-state index contributed by atoms with van der Waals surface area (Å²) < 4.78 is 2.09. The molecule has 0 aliphatic heterocycles. The van der Waals surface area contributed by atoms with Crippen molar-refractivity contribution >= 4 is 73.4 Å². The molecular weight excluding hydrogens is 495 g/mol. The molecule has 0 radical (unpaired) electrons. The summed E-state index contributed by atoms with van der Waals surface area (Å²) in [7, 11) is 0. The van der Waals surface area contributed by atoms with Gasteiger partial charge in [-0.2, -0.15) is 0 Å². The average Bonchev–Trinajstić information content (AvgIpc) is 3.44. The zero-order valence-corrected chi connectivity index (χ0v) is 18.4. The predicted octanol–water partition coefficient (Wildman–Crippen LogP) is 4.31. The Hall–Kier alpha value is -2.55. The number of hydrogen-bond acceptors (Lipinski definition) is 3. The Morgan fingerprint density at radius 3 is 2.47 bits per heavy atom. The summed E-state index contributed by atoms with van der Waals surface area (Å²) in [6.07, 6.45) is 1.71. The van der Waals surface area contributed by atoms with Gasteiger partial charge >= 0.3 is 11.8 Å². The van der Waals surface area contributed by atoms with Crippen LogP contribution in [0.5, 0.6) is 0 Å². The second-order valence-electron chi connectivity index (χ2n) is 6.84. The summed E-state index contributed by atoms with van der Waals surface area (Å²) in [5.74, 6) is -2.13. The van der Waals surface area contributed by atoms with Gasteiger partial charge in [0.25, 0.3) is 5.91 Å². The van der Waals surface area contributed by atoms with Crippen LogP contribution in [0.25, 0.3) is 10.9 Å². The molecule has 1 aliphatic carbocycles. The quantitative estimate of drug-likeness (QED) is 0.457. The summed E-state index contributed by atoms with van der Waals surface area (Å²) in [6.45, 7) is 0. The largest absolute Gasteiger partial charge is 0.345 e. The zero-order chi connectivity index (χ0) is 21.4. The number of amides is 3. The van der Waals surface area contributed by atoms with Gasteiger partial charge in [-0.1, -0.05) is 39.1 Å². The van der Waals surface area contributed by atoms with Crippen molar-refractivity contribution in [2.24, 2.45) is 0 Å². The number of nitrogens with one attached hydrogen (secondary N) is 3.